The fraction of sp³-hybridized carbons (Fsp3) is 0.550. The molecule has 4 atom stereocenters. The summed E-state index contributed by atoms with van der Waals surface area (Å²) in [4.78, 5) is 28.7. The number of ether oxygens (including phenoxy) is 1. The van der Waals surface area contributed by atoms with E-state index in [1.165, 1.54) is 13.0 Å². The second kappa shape index (κ2) is 8.52. The summed E-state index contributed by atoms with van der Waals surface area (Å²) in [5, 5.41) is 2.95. The molecule has 0 bridgehead atoms. The van der Waals surface area contributed by atoms with Crippen LogP contribution in [0.3, 0.4) is 0 Å². The van der Waals surface area contributed by atoms with Crippen LogP contribution in [-0.2, 0) is 24.3 Å². The Morgan fingerprint density at radius 1 is 1.28 bits per heavy atom. The third-order valence-corrected chi connectivity index (χ3v) is 7.12. The van der Waals surface area contributed by atoms with Crippen LogP contribution in [0, 0.1) is 11.8 Å². The maximum Gasteiger partial charge on any atom is 0.331 e. The summed E-state index contributed by atoms with van der Waals surface area (Å²) in [6, 6.07) is 5.53. The van der Waals surface area contributed by atoms with E-state index >= 15 is 0 Å². The van der Waals surface area contributed by atoms with Gasteiger partial charge in [0.05, 0.1) is 4.90 Å². The Morgan fingerprint density at radius 3 is 2.76 bits per heavy atom. The molecule has 1 saturated carbocycles. The SMILES string of the molecule is C[C@@H]1[C@H](C)CCC[C@H]1NC(=O)COC(=O)[C@H](C)N=C1NS(=O)(=O)c2ccccc21. The number of rotatable bonds is 5. The van der Waals surface area contributed by atoms with E-state index in [4.69, 9.17) is 4.74 Å². The molecule has 1 amide bonds. The fourth-order valence-corrected chi connectivity index (χ4v) is 5.01. The minimum absolute atomic E-state index is 0.0898. The Morgan fingerprint density at radius 2 is 2.00 bits per heavy atom. The van der Waals surface area contributed by atoms with Gasteiger partial charge in [0.2, 0.25) is 0 Å². The van der Waals surface area contributed by atoms with Crippen molar-refractivity contribution in [2.24, 2.45) is 16.8 Å². The molecule has 9 heteroatoms. The summed E-state index contributed by atoms with van der Waals surface area (Å²) in [5.74, 6) is -0.00780. The van der Waals surface area contributed by atoms with Gasteiger partial charge in [0.1, 0.15) is 11.9 Å². The number of hydrogen-bond acceptors (Lipinski definition) is 6. The quantitative estimate of drug-likeness (QED) is 0.701. The van der Waals surface area contributed by atoms with Crippen LogP contribution in [-0.4, -0.2) is 44.8 Å². The van der Waals surface area contributed by atoms with Crippen LogP contribution < -0.4 is 10.0 Å². The van der Waals surface area contributed by atoms with Crippen molar-refractivity contribution in [3.05, 3.63) is 29.8 Å². The van der Waals surface area contributed by atoms with Gasteiger partial charge in [-0.25, -0.2) is 13.2 Å². The highest BCUT2D eigenvalue weighted by atomic mass is 32.2. The van der Waals surface area contributed by atoms with Crippen molar-refractivity contribution in [1.29, 1.82) is 0 Å². The smallest absolute Gasteiger partial charge is 0.331 e. The van der Waals surface area contributed by atoms with Crippen molar-refractivity contribution in [3.63, 3.8) is 0 Å². The van der Waals surface area contributed by atoms with Gasteiger partial charge >= 0.3 is 5.97 Å². The lowest BCUT2D eigenvalue weighted by Crippen LogP contribution is -2.45. The van der Waals surface area contributed by atoms with E-state index in [1.807, 2.05) is 0 Å². The van der Waals surface area contributed by atoms with Crippen molar-refractivity contribution >= 4 is 27.7 Å². The second-order valence-electron chi connectivity index (χ2n) is 7.80. The maximum atomic E-state index is 12.2. The van der Waals surface area contributed by atoms with E-state index in [0.29, 0.717) is 17.4 Å². The molecule has 1 heterocycles. The predicted octanol–water partition coefficient (Wildman–Crippen LogP) is 1.60. The summed E-state index contributed by atoms with van der Waals surface area (Å²) in [6.45, 7) is 5.42. The minimum Gasteiger partial charge on any atom is -0.454 e. The zero-order valence-corrected chi connectivity index (χ0v) is 17.7. The van der Waals surface area contributed by atoms with Gasteiger partial charge in [0.15, 0.2) is 6.61 Å². The summed E-state index contributed by atoms with van der Waals surface area (Å²) >= 11 is 0. The zero-order valence-electron chi connectivity index (χ0n) is 16.8. The molecule has 1 aliphatic carbocycles. The number of amides is 1. The Labute approximate surface area is 171 Å². The van der Waals surface area contributed by atoms with Crippen molar-refractivity contribution < 1.29 is 22.7 Å². The van der Waals surface area contributed by atoms with Gasteiger partial charge in [-0.05, 0) is 37.3 Å². The molecule has 1 aromatic carbocycles. The molecule has 0 saturated heterocycles. The van der Waals surface area contributed by atoms with Gasteiger partial charge in [-0.2, -0.15) is 0 Å². The summed E-state index contributed by atoms with van der Waals surface area (Å²) in [6.07, 6.45) is 3.16. The van der Waals surface area contributed by atoms with Crippen LogP contribution in [0.25, 0.3) is 0 Å². The van der Waals surface area contributed by atoms with E-state index in [1.54, 1.807) is 18.2 Å². The highest BCUT2D eigenvalue weighted by Crippen LogP contribution is 2.29. The summed E-state index contributed by atoms with van der Waals surface area (Å²) in [7, 11) is -3.68. The third kappa shape index (κ3) is 4.77. The number of nitrogens with zero attached hydrogens (tertiary/aromatic N) is 1. The second-order valence-corrected chi connectivity index (χ2v) is 9.46. The Bertz CT molecular complexity index is 928. The highest BCUT2D eigenvalue weighted by Gasteiger charge is 2.32. The topological polar surface area (TPSA) is 114 Å². The number of carbonyl (C=O) groups is 2. The number of carbonyl (C=O) groups excluding carboxylic acids is 2. The van der Waals surface area contributed by atoms with Crippen molar-refractivity contribution in [2.45, 2.75) is 57.0 Å². The van der Waals surface area contributed by atoms with Gasteiger partial charge in [0, 0.05) is 11.6 Å². The normalized spacial score (nSPS) is 27.6. The fourth-order valence-electron chi connectivity index (χ4n) is 3.77. The predicted molar refractivity (Wildman–Crippen MR) is 108 cm³/mol. The van der Waals surface area contributed by atoms with Crippen LogP contribution in [0.5, 0.6) is 0 Å². The first-order valence-electron chi connectivity index (χ1n) is 9.85. The molecule has 0 aromatic heterocycles. The monoisotopic (exact) mass is 421 g/mol. The van der Waals surface area contributed by atoms with Gasteiger partial charge < -0.3 is 10.1 Å². The first-order chi connectivity index (χ1) is 13.7. The number of sulfonamides is 1. The molecule has 2 aliphatic rings. The number of benzene rings is 1. The lowest BCUT2D eigenvalue weighted by Gasteiger charge is -2.34. The van der Waals surface area contributed by atoms with Gasteiger partial charge in [0.25, 0.3) is 15.9 Å². The Hall–Kier alpha value is -2.42. The summed E-state index contributed by atoms with van der Waals surface area (Å²) < 4.78 is 31.6. The molecule has 0 radical (unpaired) electrons. The molecule has 0 unspecified atom stereocenters. The highest BCUT2D eigenvalue weighted by molar-refractivity contribution is 7.90. The molecular weight excluding hydrogens is 394 g/mol. The number of nitrogens with one attached hydrogen (secondary N) is 2. The molecule has 0 spiro atoms. The zero-order chi connectivity index (χ0) is 21.2. The van der Waals surface area contributed by atoms with Crippen LogP contribution in [0.2, 0.25) is 0 Å². The van der Waals surface area contributed by atoms with E-state index < -0.39 is 22.0 Å². The average molecular weight is 422 g/mol. The van der Waals surface area contributed by atoms with Crippen molar-refractivity contribution in [3.8, 4) is 0 Å². The number of fused-ring (bicyclic) bond motifs is 1. The van der Waals surface area contributed by atoms with Gasteiger partial charge in [-0.1, -0.05) is 38.8 Å². The minimum atomic E-state index is -3.68. The molecule has 2 N–H and O–H groups in total. The lowest BCUT2D eigenvalue weighted by molar-refractivity contribution is -0.149. The van der Waals surface area contributed by atoms with E-state index in [-0.39, 0.29) is 29.3 Å². The van der Waals surface area contributed by atoms with Crippen LogP contribution >= 0.6 is 0 Å². The first kappa shape index (κ1) is 21.3. The number of hydrogen-bond donors (Lipinski definition) is 2. The molecule has 29 heavy (non-hydrogen) atoms. The molecule has 1 fully saturated rings. The third-order valence-electron chi connectivity index (χ3n) is 5.73. The van der Waals surface area contributed by atoms with Crippen molar-refractivity contribution in [1.82, 2.24) is 10.0 Å². The Kier molecular flexibility index (Phi) is 6.26. The van der Waals surface area contributed by atoms with E-state index in [2.05, 4.69) is 28.9 Å². The maximum absolute atomic E-state index is 12.2. The number of aliphatic imine (C=N–C) groups is 1. The average Bonchev–Trinajstić information content (AvgIpc) is 2.94. The van der Waals surface area contributed by atoms with Crippen LogP contribution in [0.15, 0.2) is 34.2 Å². The molecule has 1 aliphatic heterocycles. The first-order valence-corrected chi connectivity index (χ1v) is 11.3. The van der Waals surface area contributed by atoms with E-state index in [0.717, 1.165) is 19.3 Å². The van der Waals surface area contributed by atoms with Crippen molar-refractivity contribution in [2.75, 3.05) is 6.61 Å². The molecule has 1 aromatic rings. The Balaban J connectivity index is 1.56. The molecule has 8 nitrogen and oxygen atoms in total. The molecular formula is C20H27N3O5S. The van der Waals surface area contributed by atoms with E-state index in [9.17, 15) is 18.0 Å². The van der Waals surface area contributed by atoms with Crippen LogP contribution in [0.1, 0.15) is 45.6 Å². The standard InChI is InChI=1S/C20H27N3O5S/c1-12-7-6-9-16(13(12)2)22-18(24)11-28-20(25)14(3)21-19-15-8-4-5-10-17(15)29(26,27)23-19/h4-5,8,10,12-14,16H,6-7,9,11H2,1-3H3,(H,21,23)(H,22,24)/t12-,13-,14+,16-/m1/s1. The number of esters is 1. The number of amidine groups is 1. The van der Waals surface area contributed by atoms with Gasteiger partial charge in [-0.3, -0.25) is 14.5 Å². The summed E-state index contributed by atoms with van der Waals surface area (Å²) in [5.41, 5.74) is 0.408. The van der Waals surface area contributed by atoms with Crippen LogP contribution in [0.4, 0.5) is 0 Å². The molecule has 158 valence electrons. The largest absolute Gasteiger partial charge is 0.454 e. The van der Waals surface area contributed by atoms with Gasteiger partial charge in [-0.15, -0.1) is 0 Å². The lowest BCUT2D eigenvalue weighted by atomic mass is 9.78. The molecule has 3 rings (SSSR count).